The normalized spacial score (nSPS) is 23.4. The number of benzene rings is 1. The minimum Gasteiger partial charge on any atom is -0.236 e. The maximum Gasteiger partial charge on any atom is 0.159 e. The largest absolute Gasteiger partial charge is 0.236 e. The molecule has 2 fully saturated rings. The lowest BCUT2D eigenvalue weighted by atomic mass is 9.77. The van der Waals surface area contributed by atoms with Gasteiger partial charge in [0.05, 0.1) is 0 Å². The molecule has 40 heavy (non-hydrogen) atoms. The summed E-state index contributed by atoms with van der Waals surface area (Å²) < 4.78 is 0. The van der Waals surface area contributed by atoms with Gasteiger partial charge in [-0.15, -0.1) is 0 Å². The third kappa shape index (κ3) is 10.6. The van der Waals surface area contributed by atoms with Crippen molar-refractivity contribution in [2.24, 2.45) is 17.8 Å². The molecule has 2 saturated carbocycles. The number of unbranched alkanes of at least 4 members (excludes halogenated alkanes) is 8. The molecule has 1 aromatic carbocycles. The van der Waals surface area contributed by atoms with Gasteiger partial charge in [-0.2, -0.15) is 0 Å². The van der Waals surface area contributed by atoms with E-state index in [2.05, 4.69) is 50.5 Å². The first kappa shape index (κ1) is 31.2. The summed E-state index contributed by atoms with van der Waals surface area (Å²) in [4.78, 5) is 9.54. The topological polar surface area (TPSA) is 25.8 Å². The van der Waals surface area contributed by atoms with Crippen LogP contribution in [-0.4, -0.2) is 9.97 Å². The predicted molar refractivity (Wildman–Crippen MR) is 173 cm³/mol. The summed E-state index contributed by atoms with van der Waals surface area (Å²) >= 11 is 0. The van der Waals surface area contributed by atoms with Gasteiger partial charge in [-0.3, -0.25) is 0 Å². The lowest BCUT2D eigenvalue weighted by Crippen LogP contribution is -2.15. The minimum atomic E-state index is 0.745. The highest BCUT2D eigenvalue weighted by atomic mass is 14.9. The molecule has 2 aromatic rings. The Morgan fingerprint density at radius 3 is 1.60 bits per heavy atom. The van der Waals surface area contributed by atoms with Crippen molar-refractivity contribution in [1.82, 2.24) is 9.97 Å². The SMILES string of the molecule is CCCCCCCC[C@H]1CC[C@H](CCc2cnc(-c3ccc([C@H]4CC[C@H](CCCCCC)CC4)cc3)nc2)CC1. The van der Waals surface area contributed by atoms with Crippen LogP contribution in [0.1, 0.15) is 166 Å². The van der Waals surface area contributed by atoms with Crippen LogP contribution < -0.4 is 0 Å². The Morgan fingerprint density at radius 1 is 0.550 bits per heavy atom. The standard InChI is InChI=1S/C38H60N2/c1-3-5-7-9-10-12-14-31-15-17-33(18-16-31)19-20-34-29-39-38(40-30-34)37-27-25-36(26-28-37)35-23-21-32(22-24-35)13-11-8-6-4-2/h25-33,35H,3-24H2,1-2H3/t31-,32-,33-,35-. The Labute approximate surface area is 247 Å². The van der Waals surface area contributed by atoms with Crippen LogP contribution >= 0.6 is 0 Å². The molecule has 0 N–H and O–H groups in total. The molecule has 0 bridgehead atoms. The summed E-state index contributed by atoms with van der Waals surface area (Å²) in [6, 6.07) is 9.21. The second-order valence-corrected chi connectivity index (χ2v) is 13.6. The molecule has 2 aliphatic rings. The zero-order valence-corrected chi connectivity index (χ0v) is 26.2. The molecule has 0 atom stereocenters. The monoisotopic (exact) mass is 544 g/mol. The van der Waals surface area contributed by atoms with Gasteiger partial charge in [0.25, 0.3) is 0 Å². The Morgan fingerprint density at radius 2 is 1.02 bits per heavy atom. The molecule has 2 heteroatoms. The minimum absolute atomic E-state index is 0.745. The molecule has 4 rings (SSSR count). The smallest absolute Gasteiger partial charge is 0.159 e. The van der Waals surface area contributed by atoms with Crippen LogP contribution in [0.4, 0.5) is 0 Å². The van der Waals surface area contributed by atoms with E-state index < -0.39 is 0 Å². The predicted octanol–water partition coefficient (Wildman–Crippen LogP) is 11.9. The summed E-state index contributed by atoms with van der Waals surface area (Å²) in [7, 11) is 0. The molecule has 2 aliphatic carbocycles. The van der Waals surface area contributed by atoms with Crippen molar-refractivity contribution in [3.63, 3.8) is 0 Å². The Bertz CT molecular complexity index is 902. The molecular formula is C38H60N2. The zero-order chi connectivity index (χ0) is 27.8. The van der Waals surface area contributed by atoms with Gasteiger partial charge in [-0.05, 0) is 73.3 Å². The van der Waals surface area contributed by atoms with Crippen molar-refractivity contribution < 1.29 is 0 Å². The van der Waals surface area contributed by atoms with Gasteiger partial charge in [0.2, 0.25) is 0 Å². The Hall–Kier alpha value is -1.70. The van der Waals surface area contributed by atoms with Crippen molar-refractivity contribution in [3.05, 3.63) is 47.8 Å². The number of hydrogen-bond donors (Lipinski definition) is 0. The van der Waals surface area contributed by atoms with Gasteiger partial charge in [0, 0.05) is 18.0 Å². The molecule has 0 amide bonds. The first-order valence-corrected chi connectivity index (χ1v) is 17.7. The van der Waals surface area contributed by atoms with Crippen molar-refractivity contribution in [3.8, 4) is 11.4 Å². The highest BCUT2D eigenvalue weighted by Gasteiger charge is 2.23. The van der Waals surface area contributed by atoms with Crippen LogP contribution in [0.3, 0.4) is 0 Å². The van der Waals surface area contributed by atoms with Gasteiger partial charge in [-0.25, -0.2) is 9.97 Å². The summed E-state index contributed by atoms with van der Waals surface area (Å²) in [5.74, 6) is 4.51. The fourth-order valence-electron chi connectivity index (χ4n) is 7.57. The quantitative estimate of drug-likeness (QED) is 0.185. The molecule has 1 aromatic heterocycles. The highest BCUT2D eigenvalue weighted by molar-refractivity contribution is 5.55. The second kappa shape index (κ2) is 18.0. The number of rotatable bonds is 17. The van der Waals surface area contributed by atoms with E-state index in [1.54, 1.807) is 0 Å². The number of hydrogen-bond acceptors (Lipinski definition) is 2. The molecule has 2 nitrogen and oxygen atoms in total. The first-order chi connectivity index (χ1) is 19.7. The van der Waals surface area contributed by atoms with Crippen molar-refractivity contribution in [1.29, 1.82) is 0 Å². The van der Waals surface area contributed by atoms with E-state index in [9.17, 15) is 0 Å². The molecule has 0 unspecified atom stereocenters. The van der Waals surface area contributed by atoms with E-state index in [4.69, 9.17) is 9.97 Å². The van der Waals surface area contributed by atoms with E-state index >= 15 is 0 Å². The highest BCUT2D eigenvalue weighted by Crippen LogP contribution is 2.38. The Kier molecular flexibility index (Phi) is 14.0. The van der Waals surface area contributed by atoms with E-state index in [-0.39, 0.29) is 0 Å². The van der Waals surface area contributed by atoms with Crippen LogP contribution in [0.5, 0.6) is 0 Å². The van der Waals surface area contributed by atoms with Crippen LogP contribution in [0.25, 0.3) is 11.4 Å². The number of aryl methyl sites for hydroxylation is 1. The Balaban J connectivity index is 1.12. The summed E-state index contributed by atoms with van der Waals surface area (Å²) in [6.07, 6.45) is 35.2. The molecule has 0 radical (unpaired) electrons. The van der Waals surface area contributed by atoms with Crippen molar-refractivity contribution in [2.45, 2.75) is 161 Å². The average Bonchev–Trinajstić information content (AvgIpc) is 3.01. The fraction of sp³-hybridized carbons (Fsp3) is 0.737. The third-order valence-electron chi connectivity index (χ3n) is 10.4. The molecule has 222 valence electrons. The van der Waals surface area contributed by atoms with Crippen LogP contribution in [0.2, 0.25) is 0 Å². The molecule has 0 aliphatic heterocycles. The van der Waals surface area contributed by atoms with Crippen LogP contribution in [0, 0.1) is 17.8 Å². The van der Waals surface area contributed by atoms with E-state index in [0.29, 0.717) is 0 Å². The number of aromatic nitrogens is 2. The summed E-state index contributed by atoms with van der Waals surface area (Å²) in [6.45, 7) is 4.61. The maximum absolute atomic E-state index is 4.77. The lowest BCUT2D eigenvalue weighted by molar-refractivity contribution is 0.248. The van der Waals surface area contributed by atoms with Gasteiger partial charge in [0.1, 0.15) is 0 Å². The summed E-state index contributed by atoms with van der Waals surface area (Å²) in [5.41, 5.74) is 3.98. The first-order valence-electron chi connectivity index (χ1n) is 17.7. The molecular weight excluding hydrogens is 484 g/mol. The van der Waals surface area contributed by atoms with E-state index in [1.165, 1.54) is 146 Å². The van der Waals surface area contributed by atoms with Crippen molar-refractivity contribution in [2.75, 3.05) is 0 Å². The average molecular weight is 545 g/mol. The van der Waals surface area contributed by atoms with Gasteiger partial charge in [-0.1, -0.05) is 141 Å². The molecule has 1 heterocycles. The zero-order valence-electron chi connectivity index (χ0n) is 26.2. The van der Waals surface area contributed by atoms with E-state index in [1.807, 2.05) is 0 Å². The van der Waals surface area contributed by atoms with Crippen LogP contribution in [-0.2, 0) is 6.42 Å². The number of nitrogens with zero attached hydrogens (tertiary/aromatic N) is 2. The molecule has 0 spiro atoms. The summed E-state index contributed by atoms with van der Waals surface area (Å²) in [5, 5.41) is 0. The fourth-order valence-corrected chi connectivity index (χ4v) is 7.57. The van der Waals surface area contributed by atoms with Gasteiger partial charge >= 0.3 is 0 Å². The van der Waals surface area contributed by atoms with Crippen LogP contribution in [0.15, 0.2) is 36.7 Å². The lowest BCUT2D eigenvalue weighted by Gasteiger charge is -2.29. The van der Waals surface area contributed by atoms with Gasteiger partial charge < -0.3 is 0 Å². The maximum atomic E-state index is 4.77. The molecule has 0 saturated heterocycles. The second-order valence-electron chi connectivity index (χ2n) is 13.6. The van der Waals surface area contributed by atoms with E-state index in [0.717, 1.165) is 41.5 Å². The van der Waals surface area contributed by atoms with Gasteiger partial charge in [0.15, 0.2) is 5.82 Å². The third-order valence-corrected chi connectivity index (χ3v) is 10.4. The van der Waals surface area contributed by atoms with Crippen molar-refractivity contribution >= 4 is 0 Å².